The SMILES string of the molecule is CCN(c1ccccc1NC1CCCCC1)C1CCN(C(=O)OC(C)(C)C)CC1. The maximum absolute atomic E-state index is 12.4. The minimum absolute atomic E-state index is 0.182. The second-order valence-electron chi connectivity index (χ2n) is 9.48. The van der Waals surface area contributed by atoms with Crippen molar-refractivity contribution in [3.8, 4) is 0 Å². The number of ether oxygens (including phenoxy) is 1. The number of benzene rings is 1. The number of para-hydroxylation sites is 2. The van der Waals surface area contributed by atoms with Crippen LogP contribution in [0.3, 0.4) is 0 Å². The smallest absolute Gasteiger partial charge is 0.410 e. The normalized spacial score (nSPS) is 19.1. The van der Waals surface area contributed by atoms with Crippen LogP contribution in [0.1, 0.15) is 72.6 Å². The summed E-state index contributed by atoms with van der Waals surface area (Å²) in [6.45, 7) is 10.5. The van der Waals surface area contributed by atoms with E-state index in [-0.39, 0.29) is 6.09 Å². The average molecular weight is 402 g/mol. The fourth-order valence-corrected chi connectivity index (χ4v) is 4.62. The summed E-state index contributed by atoms with van der Waals surface area (Å²) in [5, 5.41) is 3.83. The summed E-state index contributed by atoms with van der Waals surface area (Å²) >= 11 is 0. The van der Waals surface area contributed by atoms with Crippen molar-refractivity contribution < 1.29 is 9.53 Å². The number of nitrogens with zero attached hydrogens (tertiary/aromatic N) is 2. The van der Waals surface area contributed by atoms with E-state index in [9.17, 15) is 4.79 Å². The Labute approximate surface area is 176 Å². The predicted molar refractivity (Wildman–Crippen MR) is 121 cm³/mol. The highest BCUT2D eigenvalue weighted by molar-refractivity contribution is 5.71. The zero-order valence-electron chi connectivity index (χ0n) is 18.7. The number of hydrogen-bond donors (Lipinski definition) is 1. The highest BCUT2D eigenvalue weighted by atomic mass is 16.6. The first kappa shape index (κ1) is 21.8. The van der Waals surface area contributed by atoms with Gasteiger partial charge in [-0.3, -0.25) is 0 Å². The molecule has 5 nitrogen and oxygen atoms in total. The Morgan fingerprint density at radius 3 is 2.38 bits per heavy atom. The van der Waals surface area contributed by atoms with Gasteiger partial charge in [0.15, 0.2) is 0 Å². The predicted octanol–water partition coefficient (Wildman–Crippen LogP) is 5.66. The van der Waals surface area contributed by atoms with E-state index in [0.717, 1.165) is 32.5 Å². The molecule has 1 heterocycles. The van der Waals surface area contributed by atoms with Gasteiger partial charge in [0, 0.05) is 31.7 Å². The van der Waals surface area contributed by atoms with Crippen LogP contribution in [0.2, 0.25) is 0 Å². The van der Waals surface area contributed by atoms with Gasteiger partial charge in [-0.2, -0.15) is 0 Å². The molecule has 0 radical (unpaired) electrons. The van der Waals surface area contributed by atoms with Gasteiger partial charge in [-0.05, 0) is 65.5 Å². The van der Waals surface area contributed by atoms with Crippen LogP contribution in [0.25, 0.3) is 0 Å². The molecule has 0 spiro atoms. The summed E-state index contributed by atoms with van der Waals surface area (Å²) in [6.07, 6.45) is 8.36. The number of likely N-dealkylation sites (tertiary alicyclic amines) is 1. The zero-order valence-corrected chi connectivity index (χ0v) is 18.7. The molecule has 1 aliphatic heterocycles. The first-order chi connectivity index (χ1) is 13.9. The van der Waals surface area contributed by atoms with Gasteiger partial charge in [0.25, 0.3) is 0 Å². The van der Waals surface area contributed by atoms with Gasteiger partial charge < -0.3 is 19.9 Å². The van der Waals surface area contributed by atoms with Gasteiger partial charge in [-0.25, -0.2) is 4.79 Å². The number of hydrogen-bond acceptors (Lipinski definition) is 4. The lowest BCUT2D eigenvalue weighted by molar-refractivity contribution is 0.0205. The molecule has 1 N–H and O–H groups in total. The molecule has 0 atom stereocenters. The van der Waals surface area contributed by atoms with Crippen LogP contribution >= 0.6 is 0 Å². The van der Waals surface area contributed by atoms with Crippen LogP contribution in [0.5, 0.6) is 0 Å². The van der Waals surface area contributed by atoms with Gasteiger partial charge in [-0.1, -0.05) is 31.4 Å². The molecule has 3 rings (SSSR count). The Morgan fingerprint density at radius 2 is 1.76 bits per heavy atom. The molecule has 162 valence electrons. The van der Waals surface area contributed by atoms with Crippen molar-refractivity contribution in [1.29, 1.82) is 0 Å². The minimum atomic E-state index is -0.437. The van der Waals surface area contributed by atoms with Crippen molar-refractivity contribution in [3.63, 3.8) is 0 Å². The summed E-state index contributed by atoms with van der Waals surface area (Å²) in [5.74, 6) is 0. The standard InChI is InChI=1S/C24H39N3O2/c1-5-27(20-15-17-26(18-16-20)23(28)29-24(2,3)4)22-14-10-9-13-21(22)25-19-11-7-6-8-12-19/h9-10,13-14,19-20,25H,5-8,11-12,15-18H2,1-4H3. The number of piperidine rings is 1. The van der Waals surface area contributed by atoms with E-state index in [0.29, 0.717) is 12.1 Å². The fraction of sp³-hybridized carbons (Fsp3) is 0.708. The van der Waals surface area contributed by atoms with E-state index in [1.54, 1.807) is 0 Å². The maximum Gasteiger partial charge on any atom is 0.410 e. The number of rotatable bonds is 5. The van der Waals surface area contributed by atoms with E-state index in [2.05, 4.69) is 41.4 Å². The summed E-state index contributed by atoms with van der Waals surface area (Å²) < 4.78 is 5.55. The van der Waals surface area contributed by atoms with Crippen molar-refractivity contribution in [2.45, 2.75) is 90.3 Å². The van der Waals surface area contributed by atoms with Gasteiger partial charge in [-0.15, -0.1) is 0 Å². The second kappa shape index (κ2) is 9.73. The number of anilines is 2. The first-order valence-corrected chi connectivity index (χ1v) is 11.5. The molecule has 0 bridgehead atoms. The minimum Gasteiger partial charge on any atom is -0.444 e. The van der Waals surface area contributed by atoms with Gasteiger partial charge in [0.05, 0.1) is 11.4 Å². The lowest BCUT2D eigenvalue weighted by Gasteiger charge is -2.40. The van der Waals surface area contributed by atoms with E-state index in [1.165, 1.54) is 43.5 Å². The van der Waals surface area contributed by atoms with Crippen LogP contribution in [0.4, 0.5) is 16.2 Å². The second-order valence-corrected chi connectivity index (χ2v) is 9.48. The van der Waals surface area contributed by atoms with Crippen molar-refractivity contribution >= 4 is 17.5 Å². The van der Waals surface area contributed by atoms with E-state index >= 15 is 0 Å². The zero-order chi connectivity index (χ0) is 20.9. The number of nitrogens with one attached hydrogen (secondary N) is 1. The monoisotopic (exact) mass is 401 g/mol. The molecular weight excluding hydrogens is 362 g/mol. The molecular formula is C24H39N3O2. The molecule has 1 saturated carbocycles. The molecule has 29 heavy (non-hydrogen) atoms. The van der Waals surface area contributed by atoms with Crippen molar-refractivity contribution in [2.24, 2.45) is 0 Å². The molecule has 1 amide bonds. The van der Waals surface area contributed by atoms with Crippen molar-refractivity contribution in [2.75, 3.05) is 29.9 Å². The molecule has 0 aromatic heterocycles. The lowest BCUT2D eigenvalue weighted by Crippen LogP contribution is -2.48. The molecule has 0 unspecified atom stereocenters. The molecule has 2 aliphatic rings. The Balaban J connectivity index is 1.64. The first-order valence-electron chi connectivity index (χ1n) is 11.5. The van der Waals surface area contributed by atoms with Crippen LogP contribution in [0, 0.1) is 0 Å². The fourth-order valence-electron chi connectivity index (χ4n) is 4.62. The van der Waals surface area contributed by atoms with Crippen molar-refractivity contribution in [3.05, 3.63) is 24.3 Å². The summed E-state index contributed by atoms with van der Waals surface area (Å²) in [5.41, 5.74) is 2.12. The third kappa shape index (κ3) is 6.03. The summed E-state index contributed by atoms with van der Waals surface area (Å²) in [7, 11) is 0. The summed E-state index contributed by atoms with van der Waals surface area (Å²) in [6, 6.07) is 9.79. The van der Waals surface area contributed by atoms with Crippen LogP contribution in [0.15, 0.2) is 24.3 Å². The van der Waals surface area contributed by atoms with Gasteiger partial charge in [0.1, 0.15) is 5.60 Å². The molecule has 1 aromatic rings. The van der Waals surface area contributed by atoms with E-state index < -0.39 is 5.60 Å². The van der Waals surface area contributed by atoms with Gasteiger partial charge in [0.2, 0.25) is 0 Å². The molecule has 2 fully saturated rings. The van der Waals surface area contributed by atoms with E-state index in [1.807, 2.05) is 25.7 Å². The Morgan fingerprint density at radius 1 is 1.10 bits per heavy atom. The quantitative estimate of drug-likeness (QED) is 0.692. The maximum atomic E-state index is 12.4. The van der Waals surface area contributed by atoms with Crippen molar-refractivity contribution in [1.82, 2.24) is 4.90 Å². The Bertz CT molecular complexity index is 656. The topological polar surface area (TPSA) is 44.8 Å². The average Bonchev–Trinajstić information content (AvgIpc) is 2.70. The number of carbonyl (C=O) groups is 1. The lowest BCUT2D eigenvalue weighted by atomic mass is 9.95. The molecule has 1 aliphatic carbocycles. The molecule has 1 saturated heterocycles. The van der Waals surface area contributed by atoms with Crippen LogP contribution in [-0.4, -0.2) is 48.3 Å². The highest BCUT2D eigenvalue weighted by Crippen LogP contribution is 2.32. The van der Waals surface area contributed by atoms with Crippen LogP contribution < -0.4 is 10.2 Å². The third-order valence-corrected chi connectivity index (χ3v) is 6.08. The Kier molecular flexibility index (Phi) is 7.31. The Hall–Kier alpha value is -1.91. The summed E-state index contributed by atoms with van der Waals surface area (Å²) in [4.78, 5) is 16.8. The highest BCUT2D eigenvalue weighted by Gasteiger charge is 2.30. The largest absolute Gasteiger partial charge is 0.444 e. The van der Waals surface area contributed by atoms with Gasteiger partial charge >= 0.3 is 6.09 Å². The van der Waals surface area contributed by atoms with E-state index in [4.69, 9.17) is 4.74 Å². The molecule has 1 aromatic carbocycles. The van der Waals surface area contributed by atoms with Crippen LogP contribution in [-0.2, 0) is 4.74 Å². The molecule has 5 heteroatoms. The third-order valence-electron chi connectivity index (χ3n) is 6.08. The number of amides is 1. The number of carbonyl (C=O) groups excluding carboxylic acids is 1.